The summed E-state index contributed by atoms with van der Waals surface area (Å²) in [5, 5.41) is 7.19. The Kier molecular flexibility index (Phi) is 4.83. The first-order valence-corrected chi connectivity index (χ1v) is 9.83. The molecule has 1 saturated carbocycles. The molecule has 0 radical (unpaired) electrons. The highest BCUT2D eigenvalue weighted by atomic mass is 16.5. The minimum Gasteiger partial charge on any atom is -0.472 e. The summed E-state index contributed by atoms with van der Waals surface area (Å²) in [6, 6.07) is 4.65. The van der Waals surface area contributed by atoms with E-state index in [-0.39, 0.29) is 24.6 Å². The van der Waals surface area contributed by atoms with Gasteiger partial charge in [-0.15, -0.1) is 0 Å². The number of aromatic nitrogens is 2. The van der Waals surface area contributed by atoms with Crippen LogP contribution in [0.1, 0.15) is 51.6 Å². The van der Waals surface area contributed by atoms with Crippen LogP contribution in [0.15, 0.2) is 24.5 Å². The Morgan fingerprint density at radius 1 is 1.25 bits per heavy atom. The molecule has 148 valence electrons. The minimum absolute atomic E-state index is 0.0237. The van der Waals surface area contributed by atoms with Crippen LogP contribution in [-0.4, -0.2) is 34.4 Å². The van der Waals surface area contributed by atoms with Crippen molar-refractivity contribution in [1.29, 1.82) is 0 Å². The maximum atomic E-state index is 12.2. The van der Waals surface area contributed by atoms with Gasteiger partial charge >= 0.3 is 0 Å². The fraction of sp³-hybridized carbons (Fsp3) is 0.476. The highest BCUT2D eigenvalue weighted by molar-refractivity contribution is 5.95. The second-order valence-electron chi connectivity index (χ2n) is 7.68. The molecule has 2 aromatic rings. The van der Waals surface area contributed by atoms with E-state index in [0.29, 0.717) is 6.04 Å². The van der Waals surface area contributed by atoms with Crippen molar-refractivity contribution in [3.05, 3.63) is 30.1 Å². The van der Waals surface area contributed by atoms with Crippen molar-refractivity contribution >= 4 is 17.5 Å². The number of fused-ring (bicyclic) bond motifs is 1. The number of benzene rings is 1. The SMILES string of the molecule is CC(=O)NCOc1c(-c2cnn(C3CC3)c2)ccc2c1CC[C@H](C)N2C(C)=O. The average Bonchev–Trinajstić information content (AvgIpc) is 3.38. The van der Waals surface area contributed by atoms with Gasteiger partial charge in [0.1, 0.15) is 5.75 Å². The third-order valence-electron chi connectivity index (χ3n) is 5.46. The molecule has 28 heavy (non-hydrogen) atoms. The van der Waals surface area contributed by atoms with E-state index in [2.05, 4.69) is 23.5 Å². The molecule has 7 nitrogen and oxygen atoms in total. The van der Waals surface area contributed by atoms with Gasteiger partial charge < -0.3 is 15.0 Å². The van der Waals surface area contributed by atoms with Gasteiger partial charge in [-0.3, -0.25) is 14.3 Å². The van der Waals surface area contributed by atoms with Crippen LogP contribution in [0.25, 0.3) is 11.1 Å². The van der Waals surface area contributed by atoms with Gasteiger partial charge in [0.05, 0.1) is 17.9 Å². The van der Waals surface area contributed by atoms with Crippen molar-refractivity contribution in [2.45, 2.75) is 58.5 Å². The molecule has 2 heterocycles. The van der Waals surface area contributed by atoms with Gasteiger partial charge in [-0.25, -0.2) is 0 Å². The van der Waals surface area contributed by atoms with Crippen LogP contribution in [0.4, 0.5) is 5.69 Å². The third-order valence-corrected chi connectivity index (χ3v) is 5.46. The van der Waals surface area contributed by atoms with E-state index in [4.69, 9.17) is 4.74 Å². The Balaban J connectivity index is 1.76. The smallest absolute Gasteiger partial charge is 0.224 e. The highest BCUT2D eigenvalue weighted by Crippen LogP contribution is 2.43. The summed E-state index contributed by atoms with van der Waals surface area (Å²) in [6.45, 7) is 5.21. The van der Waals surface area contributed by atoms with E-state index in [1.54, 1.807) is 6.92 Å². The lowest BCUT2D eigenvalue weighted by molar-refractivity contribution is -0.120. The molecule has 0 unspecified atom stereocenters. The van der Waals surface area contributed by atoms with Gasteiger partial charge in [0.25, 0.3) is 0 Å². The monoisotopic (exact) mass is 382 g/mol. The molecule has 1 aliphatic carbocycles. The number of hydrogen-bond donors (Lipinski definition) is 1. The fourth-order valence-corrected chi connectivity index (χ4v) is 3.90. The summed E-state index contributed by atoms with van der Waals surface area (Å²) in [5.74, 6) is 0.599. The molecule has 0 bridgehead atoms. The molecule has 4 rings (SSSR count). The number of rotatable bonds is 5. The number of ether oxygens (including phenoxy) is 1. The van der Waals surface area contributed by atoms with Crippen LogP contribution in [-0.2, 0) is 16.0 Å². The van der Waals surface area contributed by atoms with E-state index in [1.165, 1.54) is 19.8 Å². The number of carbonyl (C=O) groups is 2. The summed E-state index contributed by atoms with van der Waals surface area (Å²) < 4.78 is 8.05. The van der Waals surface area contributed by atoms with Crippen LogP contribution in [0.3, 0.4) is 0 Å². The van der Waals surface area contributed by atoms with Crippen molar-refractivity contribution < 1.29 is 14.3 Å². The Hall–Kier alpha value is -2.83. The standard InChI is InChI=1S/C21H26N4O3/c1-13-4-7-19-20(25(13)15(3)27)9-8-18(21(19)28-12-22-14(2)26)16-10-23-24(11-16)17-5-6-17/h8-11,13,17H,4-7,12H2,1-3H3,(H,22,26)/t13-/m0/s1. The van der Waals surface area contributed by atoms with Gasteiger partial charge in [0.2, 0.25) is 11.8 Å². The predicted octanol–water partition coefficient (Wildman–Crippen LogP) is 3.05. The molecule has 1 N–H and O–H groups in total. The lowest BCUT2D eigenvalue weighted by Crippen LogP contribution is -2.41. The van der Waals surface area contributed by atoms with Gasteiger partial charge in [-0.1, -0.05) is 0 Å². The zero-order valence-corrected chi connectivity index (χ0v) is 16.6. The van der Waals surface area contributed by atoms with E-state index in [0.717, 1.165) is 41.0 Å². The topological polar surface area (TPSA) is 76.5 Å². The van der Waals surface area contributed by atoms with Gasteiger partial charge in [0, 0.05) is 42.8 Å². The maximum absolute atomic E-state index is 12.2. The number of nitrogens with one attached hydrogen (secondary N) is 1. The quantitative estimate of drug-likeness (QED) is 0.807. The molecule has 1 atom stereocenters. The molecule has 1 aromatic heterocycles. The molecule has 0 saturated heterocycles. The van der Waals surface area contributed by atoms with Crippen LogP contribution >= 0.6 is 0 Å². The van der Waals surface area contributed by atoms with Crippen LogP contribution in [0.5, 0.6) is 5.75 Å². The van der Waals surface area contributed by atoms with Crippen LogP contribution in [0, 0.1) is 0 Å². The molecule has 7 heteroatoms. The Bertz CT molecular complexity index is 916. The van der Waals surface area contributed by atoms with Crippen LogP contribution < -0.4 is 15.0 Å². The molecule has 1 aromatic carbocycles. The summed E-state index contributed by atoms with van der Waals surface area (Å²) in [6.07, 6.45) is 7.94. The normalized spacial score (nSPS) is 18.5. The zero-order valence-electron chi connectivity index (χ0n) is 16.6. The van der Waals surface area contributed by atoms with Gasteiger partial charge in [-0.2, -0.15) is 5.10 Å². The molecule has 1 aliphatic heterocycles. The van der Waals surface area contributed by atoms with Crippen LogP contribution in [0.2, 0.25) is 0 Å². The number of carbonyl (C=O) groups excluding carboxylic acids is 2. The van der Waals surface area contributed by atoms with Crippen molar-refractivity contribution in [2.24, 2.45) is 0 Å². The number of hydrogen-bond acceptors (Lipinski definition) is 4. The lowest BCUT2D eigenvalue weighted by atomic mass is 9.92. The lowest BCUT2D eigenvalue weighted by Gasteiger charge is -2.36. The van der Waals surface area contributed by atoms with Crippen molar-refractivity contribution in [3.63, 3.8) is 0 Å². The second-order valence-corrected chi connectivity index (χ2v) is 7.68. The predicted molar refractivity (Wildman–Crippen MR) is 106 cm³/mol. The van der Waals surface area contributed by atoms with Crippen molar-refractivity contribution in [1.82, 2.24) is 15.1 Å². The van der Waals surface area contributed by atoms with E-state index in [1.807, 2.05) is 27.9 Å². The minimum atomic E-state index is -0.146. The Morgan fingerprint density at radius 3 is 2.71 bits per heavy atom. The first-order valence-electron chi connectivity index (χ1n) is 9.83. The highest BCUT2D eigenvalue weighted by Gasteiger charge is 2.30. The Labute approximate surface area is 164 Å². The third kappa shape index (κ3) is 3.48. The molecule has 2 amide bonds. The molecule has 1 fully saturated rings. The van der Waals surface area contributed by atoms with E-state index < -0.39 is 0 Å². The largest absolute Gasteiger partial charge is 0.472 e. The zero-order chi connectivity index (χ0) is 19.8. The molecule has 0 spiro atoms. The van der Waals surface area contributed by atoms with Crippen molar-refractivity contribution in [3.8, 4) is 16.9 Å². The summed E-state index contributed by atoms with van der Waals surface area (Å²) in [7, 11) is 0. The second kappa shape index (κ2) is 7.30. The van der Waals surface area contributed by atoms with E-state index >= 15 is 0 Å². The number of anilines is 1. The Morgan fingerprint density at radius 2 is 2.04 bits per heavy atom. The molecular weight excluding hydrogens is 356 g/mol. The van der Waals surface area contributed by atoms with Gasteiger partial charge in [-0.05, 0) is 44.7 Å². The maximum Gasteiger partial charge on any atom is 0.224 e. The summed E-state index contributed by atoms with van der Waals surface area (Å²) >= 11 is 0. The molecule has 2 aliphatic rings. The first-order chi connectivity index (χ1) is 13.5. The number of nitrogens with zero attached hydrogens (tertiary/aromatic N) is 3. The van der Waals surface area contributed by atoms with Gasteiger partial charge in [0.15, 0.2) is 6.73 Å². The molecular formula is C21H26N4O3. The average molecular weight is 382 g/mol. The fourth-order valence-electron chi connectivity index (χ4n) is 3.90. The first kappa shape index (κ1) is 18.5. The van der Waals surface area contributed by atoms with Crippen molar-refractivity contribution in [2.75, 3.05) is 11.6 Å². The number of amides is 2. The summed E-state index contributed by atoms with van der Waals surface area (Å²) in [4.78, 5) is 25.4. The van der Waals surface area contributed by atoms with E-state index in [9.17, 15) is 9.59 Å². The summed E-state index contributed by atoms with van der Waals surface area (Å²) in [5.41, 5.74) is 3.83.